The molecule has 0 aliphatic heterocycles. The number of rotatable bonds is 2. The highest BCUT2D eigenvalue weighted by atomic mass is 35.5. The van der Waals surface area contributed by atoms with E-state index in [-0.39, 0.29) is 5.78 Å². The summed E-state index contributed by atoms with van der Waals surface area (Å²) in [4.78, 5) is 16.9. The molecule has 0 saturated carbocycles. The highest BCUT2D eigenvalue weighted by molar-refractivity contribution is 6.32. The molecule has 0 fully saturated rings. The summed E-state index contributed by atoms with van der Waals surface area (Å²) in [5, 5.41) is 1.46. The first-order valence-electron chi connectivity index (χ1n) is 6.31. The normalized spacial score (nSPS) is 10.7. The molecule has 0 aliphatic carbocycles. The number of hydrogen-bond donors (Lipinski definition) is 0. The van der Waals surface area contributed by atoms with Gasteiger partial charge in [-0.1, -0.05) is 41.9 Å². The van der Waals surface area contributed by atoms with Crippen LogP contribution in [0.25, 0.3) is 10.9 Å². The van der Waals surface area contributed by atoms with Crippen molar-refractivity contribution < 1.29 is 4.79 Å². The summed E-state index contributed by atoms with van der Waals surface area (Å²) in [5.41, 5.74) is 3.02. The van der Waals surface area contributed by atoms with E-state index in [9.17, 15) is 4.79 Å². The zero-order valence-electron chi connectivity index (χ0n) is 10.9. The van der Waals surface area contributed by atoms with E-state index in [0.29, 0.717) is 16.1 Å². The topological polar surface area (TPSA) is 30.0 Å². The molecule has 0 bridgehead atoms. The number of carbonyl (C=O) groups is 1. The predicted octanol–water partition coefficient (Wildman–Crippen LogP) is 4.43. The molecular formula is C17H12ClNO. The van der Waals surface area contributed by atoms with Crippen molar-refractivity contribution >= 4 is 28.3 Å². The zero-order chi connectivity index (χ0) is 14.1. The number of fused-ring (bicyclic) bond motifs is 1. The Balaban J connectivity index is 2.15. The van der Waals surface area contributed by atoms with Gasteiger partial charge < -0.3 is 0 Å². The number of carbonyl (C=O) groups excluding carboxylic acids is 1. The molecule has 0 unspecified atom stereocenters. The van der Waals surface area contributed by atoms with E-state index in [1.165, 1.54) is 0 Å². The van der Waals surface area contributed by atoms with Crippen LogP contribution in [0.4, 0.5) is 0 Å². The number of aromatic nitrogens is 1. The van der Waals surface area contributed by atoms with Crippen molar-refractivity contribution in [2.24, 2.45) is 0 Å². The van der Waals surface area contributed by atoms with Crippen molar-refractivity contribution in [3.05, 3.63) is 76.4 Å². The van der Waals surface area contributed by atoms with Gasteiger partial charge in [-0.3, -0.25) is 9.78 Å². The van der Waals surface area contributed by atoms with Gasteiger partial charge in [0.1, 0.15) is 0 Å². The van der Waals surface area contributed by atoms with Crippen LogP contribution in [0.3, 0.4) is 0 Å². The molecule has 0 spiro atoms. The van der Waals surface area contributed by atoms with Crippen molar-refractivity contribution in [3.63, 3.8) is 0 Å². The minimum atomic E-state index is -0.0366. The molecule has 1 heterocycles. The molecule has 1 aromatic heterocycles. The van der Waals surface area contributed by atoms with E-state index in [2.05, 4.69) is 4.98 Å². The maximum absolute atomic E-state index is 12.6. The quantitative estimate of drug-likeness (QED) is 0.651. The van der Waals surface area contributed by atoms with E-state index in [1.54, 1.807) is 18.3 Å². The smallest absolute Gasteiger partial charge is 0.193 e. The molecule has 0 radical (unpaired) electrons. The summed E-state index contributed by atoms with van der Waals surface area (Å²) in [5.74, 6) is -0.0366. The molecule has 2 aromatic carbocycles. The largest absolute Gasteiger partial charge is 0.289 e. The molecule has 0 amide bonds. The maximum Gasteiger partial charge on any atom is 0.193 e. The van der Waals surface area contributed by atoms with Gasteiger partial charge in [-0.15, -0.1) is 0 Å². The minimum Gasteiger partial charge on any atom is -0.289 e. The summed E-state index contributed by atoms with van der Waals surface area (Å²) in [6, 6.07) is 14.7. The van der Waals surface area contributed by atoms with Gasteiger partial charge in [-0.2, -0.15) is 0 Å². The SMILES string of the molecule is Cc1ccc(C(=O)c2cccc3ncccc23)cc1Cl. The minimum absolute atomic E-state index is 0.0366. The second-order valence-electron chi connectivity index (χ2n) is 4.67. The van der Waals surface area contributed by atoms with Crippen molar-refractivity contribution in [3.8, 4) is 0 Å². The Bertz CT molecular complexity index is 806. The van der Waals surface area contributed by atoms with Crippen LogP contribution in [-0.2, 0) is 0 Å². The molecule has 0 N–H and O–H groups in total. The molecule has 0 atom stereocenters. The number of aryl methyl sites for hydroxylation is 1. The van der Waals surface area contributed by atoms with Gasteiger partial charge >= 0.3 is 0 Å². The third-order valence-corrected chi connectivity index (χ3v) is 3.73. The van der Waals surface area contributed by atoms with Crippen LogP contribution in [-0.4, -0.2) is 10.8 Å². The number of hydrogen-bond acceptors (Lipinski definition) is 2. The Morgan fingerprint density at radius 1 is 1.10 bits per heavy atom. The van der Waals surface area contributed by atoms with Gasteiger partial charge in [0.15, 0.2) is 5.78 Å². The summed E-state index contributed by atoms with van der Waals surface area (Å²) in [6.45, 7) is 1.92. The van der Waals surface area contributed by atoms with E-state index in [4.69, 9.17) is 11.6 Å². The van der Waals surface area contributed by atoms with Crippen LogP contribution < -0.4 is 0 Å². The van der Waals surface area contributed by atoms with Crippen LogP contribution in [0, 0.1) is 6.92 Å². The van der Waals surface area contributed by atoms with E-state index in [1.807, 2.05) is 43.3 Å². The molecule has 3 rings (SSSR count). The average Bonchev–Trinajstić information content (AvgIpc) is 2.49. The number of benzene rings is 2. The molecule has 0 aliphatic rings. The zero-order valence-corrected chi connectivity index (χ0v) is 11.7. The lowest BCUT2D eigenvalue weighted by Crippen LogP contribution is -2.02. The van der Waals surface area contributed by atoms with Gasteiger partial charge in [0.2, 0.25) is 0 Å². The molecule has 0 saturated heterocycles. The van der Waals surface area contributed by atoms with Gasteiger partial charge in [-0.25, -0.2) is 0 Å². The van der Waals surface area contributed by atoms with Crippen LogP contribution in [0.1, 0.15) is 21.5 Å². The van der Waals surface area contributed by atoms with Crippen molar-refractivity contribution in [1.29, 1.82) is 0 Å². The Kier molecular flexibility index (Phi) is 3.25. The van der Waals surface area contributed by atoms with Crippen LogP contribution >= 0.6 is 11.6 Å². The number of halogens is 1. The number of ketones is 1. The lowest BCUT2D eigenvalue weighted by atomic mass is 9.98. The third-order valence-electron chi connectivity index (χ3n) is 3.32. The van der Waals surface area contributed by atoms with Gasteiger partial charge in [0.05, 0.1) is 5.52 Å². The van der Waals surface area contributed by atoms with Gasteiger partial charge in [-0.05, 0) is 30.7 Å². The van der Waals surface area contributed by atoms with Gasteiger partial charge in [0.25, 0.3) is 0 Å². The summed E-state index contributed by atoms with van der Waals surface area (Å²) < 4.78 is 0. The van der Waals surface area contributed by atoms with Crippen LogP contribution in [0.5, 0.6) is 0 Å². The first-order valence-corrected chi connectivity index (χ1v) is 6.69. The molecule has 3 aromatic rings. The first kappa shape index (κ1) is 12.8. The first-order chi connectivity index (χ1) is 9.66. The van der Waals surface area contributed by atoms with Crippen molar-refractivity contribution in [2.75, 3.05) is 0 Å². The molecule has 98 valence electrons. The second kappa shape index (κ2) is 5.06. The lowest BCUT2D eigenvalue weighted by molar-refractivity contribution is 0.104. The average molecular weight is 282 g/mol. The van der Waals surface area contributed by atoms with Crippen molar-refractivity contribution in [2.45, 2.75) is 6.92 Å². The highest BCUT2D eigenvalue weighted by Crippen LogP contribution is 2.23. The highest BCUT2D eigenvalue weighted by Gasteiger charge is 2.13. The fourth-order valence-electron chi connectivity index (χ4n) is 2.19. The number of pyridine rings is 1. The fourth-order valence-corrected chi connectivity index (χ4v) is 2.37. The Hall–Kier alpha value is -2.19. The van der Waals surface area contributed by atoms with E-state index in [0.717, 1.165) is 16.5 Å². The summed E-state index contributed by atoms with van der Waals surface area (Å²) >= 11 is 6.10. The van der Waals surface area contributed by atoms with Crippen LogP contribution in [0.2, 0.25) is 5.02 Å². The molecule has 2 nitrogen and oxygen atoms in total. The van der Waals surface area contributed by atoms with Crippen molar-refractivity contribution in [1.82, 2.24) is 4.98 Å². The Morgan fingerprint density at radius 3 is 2.75 bits per heavy atom. The predicted molar refractivity (Wildman–Crippen MR) is 81.4 cm³/mol. The van der Waals surface area contributed by atoms with Gasteiger partial charge in [0, 0.05) is 27.7 Å². The molecular weight excluding hydrogens is 270 g/mol. The molecule has 3 heteroatoms. The summed E-state index contributed by atoms with van der Waals surface area (Å²) in [7, 11) is 0. The van der Waals surface area contributed by atoms with Crippen LogP contribution in [0.15, 0.2) is 54.7 Å². The lowest BCUT2D eigenvalue weighted by Gasteiger charge is -2.06. The summed E-state index contributed by atoms with van der Waals surface area (Å²) in [6.07, 6.45) is 1.72. The monoisotopic (exact) mass is 281 g/mol. The standard InChI is InChI=1S/C17H12ClNO/c1-11-7-8-12(10-15(11)18)17(20)14-4-2-6-16-13(14)5-3-9-19-16/h2-10H,1H3. The van der Waals surface area contributed by atoms with E-state index < -0.39 is 0 Å². The second-order valence-corrected chi connectivity index (χ2v) is 5.08. The molecule has 20 heavy (non-hydrogen) atoms. The third kappa shape index (κ3) is 2.19. The Labute approximate surface area is 122 Å². The Morgan fingerprint density at radius 2 is 1.95 bits per heavy atom. The van der Waals surface area contributed by atoms with E-state index >= 15 is 0 Å². The number of nitrogens with zero attached hydrogens (tertiary/aromatic N) is 1. The fraction of sp³-hybridized carbons (Fsp3) is 0.0588. The maximum atomic E-state index is 12.6.